The lowest BCUT2D eigenvalue weighted by atomic mass is 10.1. The molecule has 0 aliphatic carbocycles. The smallest absolute Gasteiger partial charge is 0.377 e. The molecule has 0 saturated heterocycles. The molecule has 0 heterocycles. The molecule has 1 N–H and O–H groups in total. The van der Waals surface area contributed by atoms with Crippen LogP contribution >= 0.6 is 11.6 Å². The van der Waals surface area contributed by atoms with Gasteiger partial charge in [0.15, 0.2) is 9.84 Å². The van der Waals surface area contributed by atoms with E-state index in [9.17, 15) is 26.4 Å². The predicted octanol–water partition coefficient (Wildman–Crippen LogP) is 3.41. The Labute approximate surface area is 213 Å². The Morgan fingerprint density at radius 1 is 0.917 bits per heavy atom. The molecular weight excluding hydrogens is 530 g/mol. The number of hydrogen-bond donors (Lipinski definition) is 1. The highest BCUT2D eigenvalue weighted by Gasteiger charge is 2.29. The number of halogens is 1. The highest BCUT2D eigenvalue weighted by molar-refractivity contribution is 7.90. The molecule has 0 aliphatic heterocycles. The van der Waals surface area contributed by atoms with Crippen LogP contribution in [-0.2, 0) is 37.7 Å². The molecule has 0 spiro atoms. The molecule has 0 atom stereocenters. The lowest BCUT2D eigenvalue weighted by Crippen LogP contribution is -2.30. The van der Waals surface area contributed by atoms with Crippen molar-refractivity contribution in [2.45, 2.75) is 22.9 Å². The largest absolute Gasteiger partial charge is 0.495 e. The predicted molar refractivity (Wildman–Crippen MR) is 132 cm³/mol. The molecule has 0 amide bonds. The van der Waals surface area contributed by atoms with E-state index < -0.39 is 31.6 Å². The number of Topliss-reactive ketones (excluding diaryl/α,β-unsaturated/α-hetero) is 1. The summed E-state index contributed by atoms with van der Waals surface area (Å²) in [7, 11) is -6.23. The first-order chi connectivity index (χ1) is 16.8. The molecule has 3 rings (SSSR count). The molecule has 0 saturated carbocycles. The number of ether oxygens (including phenoxy) is 1. The van der Waals surface area contributed by atoms with E-state index in [1.54, 1.807) is 12.1 Å². The third kappa shape index (κ3) is 6.11. The van der Waals surface area contributed by atoms with E-state index in [-0.39, 0.29) is 39.2 Å². The highest BCUT2D eigenvalue weighted by Crippen LogP contribution is 2.29. The van der Waals surface area contributed by atoms with Crippen molar-refractivity contribution in [3.05, 3.63) is 88.4 Å². The maximum Gasteiger partial charge on any atom is 0.377 e. The van der Waals surface area contributed by atoms with Crippen molar-refractivity contribution in [1.29, 1.82) is 0 Å². The van der Waals surface area contributed by atoms with Gasteiger partial charge in [-0.3, -0.25) is 4.79 Å². The minimum atomic E-state index is -4.15. The molecule has 0 radical (unpaired) electrons. The number of carboxylic acid groups (broad SMARTS) is 1. The van der Waals surface area contributed by atoms with Gasteiger partial charge < -0.3 is 9.84 Å². The molecule has 190 valence electrons. The van der Waals surface area contributed by atoms with Crippen LogP contribution in [0.25, 0.3) is 0 Å². The van der Waals surface area contributed by atoms with Crippen molar-refractivity contribution in [3.63, 3.8) is 0 Å². The van der Waals surface area contributed by atoms with Gasteiger partial charge in [-0.15, -0.1) is 0 Å². The Morgan fingerprint density at radius 2 is 1.50 bits per heavy atom. The normalized spacial score (nSPS) is 11.9. The molecule has 3 aromatic carbocycles. The van der Waals surface area contributed by atoms with E-state index in [2.05, 4.69) is 0 Å². The zero-order valence-electron chi connectivity index (χ0n) is 19.2. The van der Waals surface area contributed by atoms with E-state index in [4.69, 9.17) is 21.4 Å². The second-order valence-corrected chi connectivity index (χ2v) is 12.1. The van der Waals surface area contributed by atoms with Gasteiger partial charge in [-0.1, -0.05) is 41.9 Å². The number of nitrogens with zero attached hydrogens (tertiary/aromatic N) is 1. The third-order valence-electron chi connectivity index (χ3n) is 5.23. The molecule has 0 unspecified atom stereocenters. The molecule has 0 fully saturated rings. The summed E-state index contributed by atoms with van der Waals surface area (Å²) in [5.74, 6) is -2.71. The zero-order chi connectivity index (χ0) is 26.7. The van der Waals surface area contributed by atoms with Gasteiger partial charge in [0.2, 0.25) is 10.0 Å². The van der Waals surface area contributed by atoms with Crippen LogP contribution in [0.3, 0.4) is 0 Å². The van der Waals surface area contributed by atoms with Crippen molar-refractivity contribution in [2.24, 2.45) is 0 Å². The van der Waals surface area contributed by atoms with E-state index in [0.717, 1.165) is 10.6 Å². The van der Waals surface area contributed by atoms with Crippen LogP contribution in [0.5, 0.6) is 5.75 Å². The van der Waals surface area contributed by atoms with E-state index >= 15 is 0 Å². The van der Waals surface area contributed by atoms with Crippen LogP contribution in [0, 0.1) is 0 Å². The molecule has 0 aliphatic rings. The first-order valence-corrected chi connectivity index (χ1v) is 14.0. The summed E-state index contributed by atoms with van der Waals surface area (Å²) in [5, 5.41) is 8.81. The fourth-order valence-corrected chi connectivity index (χ4v) is 5.89. The number of rotatable bonds is 10. The van der Waals surface area contributed by atoms with E-state index in [1.807, 2.05) is 0 Å². The number of methoxy groups -OCH3 is 1. The van der Waals surface area contributed by atoms with Crippen molar-refractivity contribution in [2.75, 3.05) is 13.4 Å². The first-order valence-electron chi connectivity index (χ1n) is 10.3. The summed E-state index contributed by atoms with van der Waals surface area (Å²) >= 11 is 6.12. The van der Waals surface area contributed by atoms with Crippen molar-refractivity contribution < 1.29 is 36.3 Å². The number of ketones is 1. The maximum absolute atomic E-state index is 13.7. The Hall–Kier alpha value is -3.25. The number of sulfone groups is 1. The van der Waals surface area contributed by atoms with Gasteiger partial charge in [0.25, 0.3) is 5.78 Å². The third-order valence-corrected chi connectivity index (χ3v) is 8.50. The number of carbonyl (C=O) groups is 2. The average Bonchev–Trinajstić information content (AvgIpc) is 2.83. The van der Waals surface area contributed by atoms with Crippen molar-refractivity contribution in [1.82, 2.24) is 4.31 Å². The fraction of sp³-hybridized carbons (Fsp3) is 0.167. The van der Waals surface area contributed by atoms with E-state index in [1.165, 1.54) is 61.7 Å². The fourth-order valence-electron chi connectivity index (χ4n) is 3.40. The summed E-state index contributed by atoms with van der Waals surface area (Å²) in [6.45, 7) is -0.312. The summed E-state index contributed by atoms with van der Waals surface area (Å²) < 4.78 is 57.3. The quantitative estimate of drug-likeness (QED) is 0.299. The monoisotopic (exact) mass is 551 g/mol. The van der Waals surface area contributed by atoms with Crippen LogP contribution in [0.15, 0.2) is 76.5 Å². The molecular formula is C24H22ClNO8S2. The molecule has 0 bridgehead atoms. The molecule has 0 aromatic heterocycles. The topological polar surface area (TPSA) is 135 Å². The van der Waals surface area contributed by atoms with Gasteiger partial charge in [0, 0.05) is 24.9 Å². The van der Waals surface area contributed by atoms with Gasteiger partial charge in [0.05, 0.1) is 17.0 Å². The van der Waals surface area contributed by atoms with Gasteiger partial charge in [-0.25, -0.2) is 21.6 Å². The number of aliphatic carboxylic acids is 1. The average molecular weight is 552 g/mol. The minimum absolute atomic E-state index is 0.0796. The van der Waals surface area contributed by atoms with E-state index in [0.29, 0.717) is 11.1 Å². The number of hydrogen-bond acceptors (Lipinski definition) is 7. The number of benzene rings is 3. The minimum Gasteiger partial charge on any atom is -0.495 e. The van der Waals surface area contributed by atoms with Gasteiger partial charge in [-0.05, 0) is 47.5 Å². The number of carbonyl (C=O) groups excluding carboxylic acids is 1. The second kappa shape index (κ2) is 10.8. The number of sulfonamides is 1. The van der Waals surface area contributed by atoms with Gasteiger partial charge in [-0.2, -0.15) is 4.31 Å². The second-order valence-electron chi connectivity index (χ2n) is 7.79. The Balaban J connectivity index is 2.04. The van der Waals surface area contributed by atoms with Crippen molar-refractivity contribution >= 4 is 43.2 Å². The molecule has 36 heavy (non-hydrogen) atoms. The van der Waals surface area contributed by atoms with Gasteiger partial charge >= 0.3 is 5.97 Å². The zero-order valence-corrected chi connectivity index (χ0v) is 21.6. The van der Waals surface area contributed by atoms with Crippen LogP contribution in [0.2, 0.25) is 5.02 Å². The summed E-state index contributed by atoms with van der Waals surface area (Å²) in [6, 6.07) is 15.9. The van der Waals surface area contributed by atoms with Crippen LogP contribution in [-0.4, -0.2) is 51.4 Å². The standard InChI is InChI=1S/C24H22ClNO8S2/c1-34-21-5-3-4-6-22(21)36(32,33)26(14-16-7-10-18(11-8-16)35(2,30)31)15-17-9-12-19(20(25)13-17)23(27)24(28)29/h3-13H,14-15H2,1-2H3,(H,28,29). The summed E-state index contributed by atoms with van der Waals surface area (Å²) in [6.07, 6.45) is 1.07. The molecule has 9 nitrogen and oxygen atoms in total. The van der Waals surface area contributed by atoms with Crippen LogP contribution < -0.4 is 4.74 Å². The Kier molecular flexibility index (Phi) is 8.19. The summed E-state index contributed by atoms with van der Waals surface area (Å²) in [5.41, 5.74) is 0.696. The summed E-state index contributed by atoms with van der Waals surface area (Å²) in [4.78, 5) is 22.8. The maximum atomic E-state index is 13.7. The number of carboxylic acids is 1. The molecule has 12 heteroatoms. The molecule has 3 aromatic rings. The first kappa shape index (κ1) is 27.3. The Morgan fingerprint density at radius 3 is 2.06 bits per heavy atom. The lowest BCUT2D eigenvalue weighted by molar-refractivity contribution is -0.131. The SMILES string of the molecule is COc1ccccc1S(=O)(=O)N(Cc1ccc(S(C)(=O)=O)cc1)Cc1ccc(C(=O)C(=O)O)c(Cl)c1. The highest BCUT2D eigenvalue weighted by atomic mass is 35.5. The number of para-hydroxylation sites is 1. The van der Waals surface area contributed by atoms with Gasteiger partial charge in [0.1, 0.15) is 10.6 Å². The van der Waals surface area contributed by atoms with Crippen LogP contribution in [0.1, 0.15) is 21.5 Å². The lowest BCUT2D eigenvalue weighted by Gasteiger charge is -2.24. The van der Waals surface area contributed by atoms with Crippen LogP contribution in [0.4, 0.5) is 0 Å². The van der Waals surface area contributed by atoms with Crippen molar-refractivity contribution in [3.8, 4) is 5.75 Å². The Bertz CT molecular complexity index is 1520.